The lowest BCUT2D eigenvalue weighted by atomic mass is 9.83. The molecule has 2 aliphatic heterocycles. The second-order valence-corrected chi connectivity index (χ2v) is 8.27. The smallest absolute Gasteiger partial charge is 0.418 e. The van der Waals surface area contributed by atoms with Gasteiger partial charge in [-0.25, -0.2) is 9.59 Å². The molecule has 2 aliphatic rings. The van der Waals surface area contributed by atoms with E-state index in [4.69, 9.17) is 9.47 Å². The summed E-state index contributed by atoms with van der Waals surface area (Å²) < 4.78 is 11.1. The molecule has 24 heavy (non-hydrogen) atoms. The SMILES string of the molecule is CC(C)(OC(=O)C(=O)OC(C)(C)C1CC[NH2+]CC1)C1CC[NH2+]CC1. The van der Waals surface area contributed by atoms with E-state index in [0.717, 1.165) is 51.9 Å². The third kappa shape index (κ3) is 4.93. The van der Waals surface area contributed by atoms with Crippen LogP contribution in [0.25, 0.3) is 0 Å². The molecule has 0 unspecified atom stereocenters. The zero-order valence-corrected chi connectivity index (χ0v) is 15.6. The number of carbonyl (C=O) groups excluding carboxylic acids is 2. The Bertz CT molecular complexity index is 408. The summed E-state index contributed by atoms with van der Waals surface area (Å²) in [5, 5.41) is 4.54. The van der Waals surface area contributed by atoms with Gasteiger partial charge in [-0.15, -0.1) is 0 Å². The van der Waals surface area contributed by atoms with Crippen molar-refractivity contribution in [3.8, 4) is 0 Å². The van der Waals surface area contributed by atoms with Crippen molar-refractivity contribution in [1.82, 2.24) is 0 Å². The van der Waals surface area contributed by atoms with Gasteiger partial charge in [0.25, 0.3) is 0 Å². The Morgan fingerprint density at radius 1 is 0.708 bits per heavy atom. The lowest BCUT2D eigenvalue weighted by molar-refractivity contribution is -0.666. The molecule has 2 saturated heterocycles. The standard InChI is InChI=1S/C18H32N2O4/c1-17(2,13-5-9-19-10-6-13)23-15(21)16(22)24-18(3,4)14-7-11-20-12-8-14/h13-14,19-20H,5-12H2,1-4H3/p+2. The third-order valence-electron chi connectivity index (χ3n) is 5.72. The van der Waals surface area contributed by atoms with Crippen LogP contribution in [0.4, 0.5) is 0 Å². The molecule has 0 spiro atoms. The third-order valence-corrected chi connectivity index (χ3v) is 5.72. The van der Waals surface area contributed by atoms with E-state index in [9.17, 15) is 9.59 Å². The fraction of sp³-hybridized carbons (Fsp3) is 0.889. The van der Waals surface area contributed by atoms with Gasteiger partial charge in [-0.2, -0.15) is 0 Å². The van der Waals surface area contributed by atoms with E-state index in [-0.39, 0.29) is 0 Å². The largest absolute Gasteiger partial charge is 0.451 e. The first-order chi connectivity index (χ1) is 11.2. The Labute approximate surface area is 145 Å². The second-order valence-electron chi connectivity index (χ2n) is 8.27. The van der Waals surface area contributed by atoms with Crippen LogP contribution in [-0.4, -0.2) is 49.3 Å². The zero-order valence-electron chi connectivity index (χ0n) is 15.6. The molecule has 6 nitrogen and oxygen atoms in total. The molecule has 0 aromatic rings. The van der Waals surface area contributed by atoms with Gasteiger partial charge < -0.3 is 20.1 Å². The minimum Gasteiger partial charge on any atom is -0.451 e. The summed E-state index contributed by atoms with van der Waals surface area (Å²) in [6, 6.07) is 0. The number of nitrogens with two attached hydrogens (primary N) is 2. The average molecular weight is 342 g/mol. The van der Waals surface area contributed by atoms with E-state index in [1.807, 2.05) is 27.7 Å². The van der Waals surface area contributed by atoms with Crippen LogP contribution in [0.15, 0.2) is 0 Å². The van der Waals surface area contributed by atoms with E-state index in [2.05, 4.69) is 10.6 Å². The topological polar surface area (TPSA) is 85.8 Å². The van der Waals surface area contributed by atoms with Gasteiger partial charge in [0.1, 0.15) is 11.2 Å². The van der Waals surface area contributed by atoms with E-state index in [1.165, 1.54) is 0 Å². The van der Waals surface area contributed by atoms with Crippen molar-refractivity contribution >= 4 is 11.9 Å². The quantitative estimate of drug-likeness (QED) is 0.537. The van der Waals surface area contributed by atoms with Crippen LogP contribution >= 0.6 is 0 Å². The van der Waals surface area contributed by atoms with Crippen molar-refractivity contribution in [2.24, 2.45) is 11.8 Å². The normalized spacial score (nSPS) is 21.3. The second kappa shape index (κ2) is 7.83. The number of esters is 2. The Balaban J connectivity index is 1.89. The van der Waals surface area contributed by atoms with Crippen LogP contribution in [0.3, 0.4) is 0 Å². The summed E-state index contributed by atoms with van der Waals surface area (Å²) in [7, 11) is 0. The molecule has 0 aromatic heterocycles. The number of hydrogen-bond acceptors (Lipinski definition) is 4. The highest BCUT2D eigenvalue weighted by atomic mass is 16.6. The summed E-state index contributed by atoms with van der Waals surface area (Å²) in [5.41, 5.74) is -1.26. The maximum atomic E-state index is 12.3. The minimum atomic E-state index is -0.856. The molecule has 0 radical (unpaired) electrons. The van der Waals surface area contributed by atoms with Gasteiger partial charge in [-0.05, 0) is 27.7 Å². The molecular weight excluding hydrogens is 308 g/mol. The van der Waals surface area contributed by atoms with Gasteiger partial charge in [-0.3, -0.25) is 0 Å². The van der Waals surface area contributed by atoms with E-state index in [0.29, 0.717) is 11.8 Å². The van der Waals surface area contributed by atoms with Crippen molar-refractivity contribution < 1.29 is 29.7 Å². The Morgan fingerprint density at radius 3 is 1.29 bits per heavy atom. The molecule has 2 rings (SSSR count). The highest BCUT2D eigenvalue weighted by Crippen LogP contribution is 2.30. The molecule has 2 fully saturated rings. The van der Waals surface area contributed by atoms with Gasteiger partial charge in [0, 0.05) is 37.5 Å². The monoisotopic (exact) mass is 342 g/mol. The molecular formula is C18H34N2O4+2. The highest BCUT2D eigenvalue weighted by Gasteiger charge is 2.40. The zero-order chi connectivity index (χ0) is 17.8. The molecule has 0 bridgehead atoms. The first-order valence-electron chi connectivity index (χ1n) is 9.32. The minimum absolute atomic E-state index is 0.293. The summed E-state index contributed by atoms with van der Waals surface area (Å²) in [5.74, 6) is -1.13. The number of piperidine rings is 2. The highest BCUT2D eigenvalue weighted by molar-refractivity contribution is 6.29. The first-order valence-corrected chi connectivity index (χ1v) is 9.32. The van der Waals surface area contributed by atoms with E-state index >= 15 is 0 Å². The summed E-state index contributed by atoms with van der Waals surface area (Å²) >= 11 is 0. The van der Waals surface area contributed by atoms with E-state index in [1.54, 1.807) is 0 Å². The van der Waals surface area contributed by atoms with Gasteiger partial charge in [0.15, 0.2) is 0 Å². The molecule has 4 N–H and O–H groups in total. The Hall–Kier alpha value is -1.14. The molecule has 0 saturated carbocycles. The van der Waals surface area contributed by atoms with Crippen LogP contribution in [0.2, 0.25) is 0 Å². The number of hydrogen-bond donors (Lipinski definition) is 2. The summed E-state index contributed by atoms with van der Waals surface area (Å²) in [6.45, 7) is 11.8. The van der Waals surface area contributed by atoms with Crippen molar-refractivity contribution in [2.75, 3.05) is 26.2 Å². The number of quaternary nitrogens is 2. The lowest BCUT2D eigenvalue weighted by Gasteiger charge is -2.37. The van der Waals surface area contributed by atoms with Crippen LogP contribution in [-0.2, 0) is 19.1 Å². The predicted molar refractivity (Wildman–Crippen MR) is 89.1 cm³/mol. The maximum absolute atomic E-state index is 12.3. The van der Waals surface area contributed by atoms with Gasteiger partial charge in [0.2, 0.25) is 0 Å². The molecule has 0 aromatic carbocycles. The molecule has 138 valence electrons. The van der Waals surface area contributed by atoms with Crippen molar-refractivity contribution in [3.05, 3.63) is 0 Å². The van der Waals surface area contributed by atoms with Crippen LogP contribution in [0.5, 0.6) is 0 Å². The van der Waals surface area contributed by atoms with Crippen LogP contribution in [0.1, 0.15) is 53.4 Å². The van der Waals surface area contributed by atoms with Gasteiger partial charge in [0.05, 0.1) is 26.2 Å². The number of rotatable bonds is 4. The number of ether oxygens (including phenoxy) is 2. The molecule has 0 atom stereocenters. The van der Waals surface area contributed by atoms with Crippen LogP contribution in [0, 0.1) is 11.8 Å². The van der Waals surface area contributed by atoms with Gasteiger partial charge in [-0.1, -0.05) is 0 Å². The lowest BCUT2D eigenvalue weighted by Crippen LogP contribution is -2.86. The average Bonchev–Trinajstić information content (AvgIpc) is 2.55. The van der Waals surface area contributed by atoms with Crippen molar-refractivity contribution in [3.63, 3.8) is 0 Å². The molecule has 0 aliphatic carbocycles. The molecule has 6 heteroatoms. The van der Waals surface area contributed by atoms with Gasteiger partial charge >= 0.3 is 11.9 Å². The van der Waals surface area contributed by atoms with E-state index < -0.39 is 23.1 Å². The predicted octanol–water partition coefficient (Wildman–Crippen LogP) is -0.423. The molecule has 2 heterocycles. The molecule has 0 amide bonds. The van der Waals surface area contributed by atoms with Crippen molar-refractivity contribution in [2.45, 2.75) is 64.6 Å². The van der Waals surface area contributed by atoms with Crippen molar-refractivity contribution in [1.29, 1.82) is 0 Å². The fourth-order valence-corrected chi connectivity index (χ4v) is 3.97. The Kier molecular flexibility index (Phi) is 6.26. The maximum Gasteiger partial charge on any atom is 0.418 e. The van der Waals surface area contributed by atoms with Crippen LogP contribution < -0.4 is 10.6 Å². The number of carbonyl (C=O) groups is 2. The fourth-order valence-electron chi connectivity index (χ4n) is 3.97. The first kappa shape index (κ1) is 19.2. The summed E-state index contributed by atoms with van der Waals surface area (Å²) in [4.78, 5) is 24.5. The summed E-state index contributed by atoms with van der Waals surface area (Å²) in [6.07, 6.45) is 4.00. The Morgan fingerprint density at radius 2 is 1.00 bits per heavy atom.